The van der Waals surface area contributed by atoms with E-state index in [0.717, 1.165) is 5.56 Å². The third-order valence-electron chi connectivity index (χ3n) is 3.93. The van der Waals surface area contributed by atoms with Crippen molar-refractivity contribution in [3.8, 4) is 11.4 Å². The van der Waals surface area contributed by atoms with E-state index in [2.05, 4.69) is 20.8 Å². The van der Waals surface area contributed by atoms with E-state index in [4.69, 9.17) is 0 Å². The molecule has 0 aliphatic heterocycles. The Morgan fingerprint density at radius 1 is 1.20 bits per heavy atom. The molecule has 0 aliphatic rings. The van der Waals surface area contributed by atoms with Crippen LogP contribution in [-0.4, -0.2) is 31.2 Å². The van der Waals surface area contributed by atoms with Gasteiger partial charge in [0.25, 0.3) is 0 Å². The Bertz CT molecular complexity index is 874. The zero-order chi connectivity index (χ0) is 17.9. The van der Waals surface area contributed by atoms with Gasteiger partial charge in [0.15, 0.2) is 5.82 Å². The van der Waals surface area contributed by atoms with Crippen LogP contribution in [0.4, 0.5) is 5.69 Å². The monoisotopic (exact) mass is 337 g/mol. The molecule has 2 N–H and O–H groups in total. The fraction of sp³-hybridized carbons (Fsp3) is 0.222. The van der Waals surface area contributed by atoms with Crippen LogP contribution in [0.5, 0.6) is 0 Å². The normalized spacial score (nSPS) is 13.2. The molecule has 2 aromatic carbocycles. The number of hydrogen-bond acceptors (Lipinski definition) is 5. The summed E-state index contributed by atoms with van der Waals surface area (Å²) in [4.78, 5) is 12.3. The van der Waals surface area contributed by atoms with Crippen LogP contribution in [0.25, 0.3) is 11.4 Å². The van der Waals surface area contributed by atoms with Gasteiger partial charge >= 0.3 is 0 Å². The molecule has 1 unspecified atom stereocenters. The summed E-state index contributed by atoms with van der Waals surface area (Å²) in [7, 11) is 1.75. The van der Waals surface area contributed by atoms with Gasteiger partial charge in [-0.25, -0.2) is 4.68 Å². The molecule has 3 aromatic rings. The van der Waals surface area contributed by atoms with Gasteiger partial charge in [-0.2, -0.15) is 0 Å². The van der Waals surface area contributed by atoms with Crippen molar-refractivity contribution in [1.29, 1.82) is 0 Å². The van der Waals surface area contributed by atoms with E-state index in [1.54, 1.807) is 42.9 Å². The molecule has 0 spiro atoms. The second kappa shape index (κ2) is 6.82. The number of tetrazole rings is 1. The summed E-state index contributed by atoms with van der Waals surface area (Å²) in [5.74, 6) is 0.328. The maximum atomic E-state index is 12.3. The fourth-order valence-corrected chi connectivity index (χ4v) is 2.63. The van der Waals surface area contributed by atoms with Crippen molar-refractivity contribution in [1.82, 2.24) is 20.2 Å². The van der Waals surface area contributed by atoms with Gasteiger partial charge in [0.2, 0.25) is 5.91 Å². The lowest BCUT2D eigenvalue weighted by Crippen LogP contribution is -2.28. The molecule has 0 saturated heterocycles. The molecule has 1 aromatic heterocycles. The number of hydrogen-bond donors (Lipinski definition) is 2. The van der Waals surface area contributed by atoms with E-state index in [-0.39, 0.29) is 12.3 Å². The number of nitrogens with one attached hydrogen (secondary N) is 1. The first-order valence-electron chi connectivity index (χ1n) is 7.86. The first kappa shape index (κ1) is 16.8. The number of aromatic nitrogens is 4. The van der Waals surface area contributed by atoms with Crippen LogP contribution in [0.2, 0.25) is 0 Å². The number of carbonyl (C=O) groups excluding carboxylic acids is 1. The second-order valence-electron chi connectivity index (χ2n) is 6.07. The summed E-state index contributed by atoms with van der Waals surface area (Å²) in [5, 5.41) is 24.8. The van der Waals surface area contributed by atoms with Crippen LogP contribution < -0.4 is 5.32 Å². The van der Waals surface area contributed by atoms with Crippen molar-refractivity contribution in [3.63, 3.8) is 0 Å². The van der Waals surface area contributed by atoms with E-state index >= 15 is 0 Å². The molecule has 7 nitrogen and oxygen atoms in total. The first-order valence-corrected chi connectivity index (χ1v) is 7.86. The molecule has 0 saturated carbocycles. The molecule has 128 valence electrons. The highest BCUT2D eigenvalue weighted by atomic mass is 16.3. The number of carbonyl (C=O) groups is 1. The minimum Gasteiger partial charge on any atom is -0.385 e. The number of anilines is 1. The van der Waals surface area contributed by atoms with Gasteiger partial charge in [0.1, 0.15) is 0 Å². The minimum absolute atomic E-state index is 0.0489. The standard InChI is InChI=1S/C18H19N5O2/c1-18(25,14-8-4-3-5-9-14)12-16(24)19-15-10-6-7-13(11-15)17-20-21-22-23(17)2/h3-11,25H,12H2,1-2H3,(H,19,24). The quantitative estimate of drug-likeness (QED) is 0.744. The van der Waals surface area contributed by atoms with E-state index in [0.29, 0.717) is 17.1 Å². The molecule has 7 heteroatoms. The van der Waals surface area contributed by atoms with E-state index in [1.807, 2.05) is 30.3 Å². The Kier molecular flexibility index (Phi) is 4.58. The van der Waals surface area contributed by atoms with E-state index in [9.17, 15) is 9.90 Å². The lowest BCUT2D eigenvalue weighted by molar-refractivity contribution is -0.120. The number of benzene rings is 2. The van der Waals surface area contributed by atoms with Crippen LogP contribution >= 0.6 is 0 Å². The first-order chi connectivity index (χ1) is 12.0. The lowest BCUT2D eigenvalue weighted by Gasteiger charge is -2.23. The molecule has 0 radical (unpaired) electrons. The largest absolute Gasteiger partial charge is 0.385 e. The number of rotatable bonds is 5. The summed E-state index contributed by atoms with van der Waals surface area (Å²) in [6.07, 6.45) is -0.0489. The Morgan fingerprint density at radius 3 is 2.64 bits per heavy atom. The summed E-state index contributed by atoms with van der Waals surface area (Å²) in [5.41, 5.74) is 0.870. The smallest absolute Gasteiger partial charge is 0.227 e. The molecule has 1 atom stereocenters. The van der Waals surface area contributed by atoms with Crippen molar-refractivity contribution in [2.75, 3.05) is 5.32 Å². The Balaban J connectivity index is 1.72. The van der Waals surface area contributed by atoms with Gasteiger partial charge in [-0.05, 0) is 35.0 Å². The summed E-state index contributed by atoms with van der Waals surface area (Å²) < 4.78 is 1.56. The predicted molar refractivity (Wildman–Crippen MR) is 93.5 cm³/mol. The van der Waals surface area contributed by atoms with Crippen molar-refractivity contribution in [2.45, 2.75) is 18.9 Å². The molecule has 0 fully saturated rings. The predicted octanol–water partition coefficient (Wildman–Crippen LogP) is 2.11. The van der Waals surface area contributed by atoms with Gasteiger partial charge in [-0.3, -0.25) is 4.79 Å². The summed E-state index contributed by atoms with van der Waals surface area (Å²) in [6, 6.07) is 16.4. The zero-order valence-corrected chi connectivity index (χ0v) is 14.0. The third kappa shape index (κ3) is 3.89. The van der Waals surface area contributed by atoms with Crippen LogP contribution in [0, 0.1) is 0 Å². The Morgan fingerprint density at radius 2 is 1.96 bits per heavy atom. The van der Waals surface area contributed by atoms with Crippen molar-refractivity contribution in [2.24, 2.45) is 7.05 Å². The highest BCUT2D eigenvalue weighted by Gasteiger charge is 2.26. The van der Waals surface area contributed by atoms with Crippen LogP contribution in [0.1, 0.15) is 18.9 Å². The van der Waals surface area contributed by atoms with Gasteiger partial charge < -0.3 is 10.4 Å². The zero-order valence-electron chi connectivity index (χ0n) is 14.0. The molecule has 0 bridgehead atoms. The number of aryl methyl sites for hydroxylation is 1. The van der Waals surface area contributed by atoms with Gasteiger partial charge in [-0.1, -0.05) is 42.5 Å². The minimum atomic E-state index is -1.24. The maximum Gasteiger partial charge on any atom is 0.227 e. The molecular formula is C18H19N5O2. The highest BCUT2D eigenvalue weighted by Crippen LogP contribution is 2.25. The maximum absolute atomic E-state index is 12.3. The second-order valence-corrected chi connectivity index (χ2v) is 6.07. The summed E-state index contributed by atoms with van der Waals surface area (Å²) in [6.45, 7) is 1.63. The van der Waals surface area contributed by atoms with Crippen molar-refractivity contribution >= 4 is 11.6 Å². The molecule has 1 amide bonds. The van der Waals surface area contributed by atoms with Crippen LogP contribution in [0.3, 0.4) is 0 Å². The Hall–Kier alpha value is -3.06. The van der Waals surface area contributed by atoms with Crippen LogP contribution in [-0.2, 0) is 17.4 Å². The van der Waals surface area contributed by atoms with E-state index < -0.39 is 5.60 Å². The van der Waals surface area contributed by atoms with Gasteiger partial charge in [0, 0.05) is 18.3 Å². The molecule has 3 rings (SSSR count). The average molecular weight is 337 g/mol. The number of aliphatic hydroxyl groups is 1. The number of amides is 1. The van der Waals surface area contributed by atoms with Gasteiger partial charge in [-0.15, -0.1) is 5.10 Å². The molecule has 1 heterocycles. The highest BCUT2D eigenvalue weighted by molar-refractivity contribution is 5.92. The SMILES string of the molecule is Cn1nnnc1-c1cccc(NC(=O)CC(C)(O)c2ccccc2)c1. The fourth-order valence-electron chi connectivity index (χ4n) is 2.63. The average Bonchev–Trinajstić information content (AvgIpc) is 3.01. The summed E-state index contributed by atoms with van der Waals surface area (Å²) >= 11 is 0. The molecular weight excluding hydrogens is 318 g/mol. The Labute approximate surface area is 145 Å². The van der Waals surface area contributed by atoms with Gasteiger partial charge in [0.05, 0.1) is 12.0 Å². The molecule has 0 aliphatic carbocycles. The number of nitrogens with zero attached hydrogens (tertiary/aromatic N) is 4. The van der Waals surface area contributed by atoms with Crippen LogP contribution in [0.15, 0.2) is 54.6 Å². The molecule has 25 heavy (non-hydrogen) atoms. The third-order valence-corrected chi connectivity index (χ3v) is 3.93. The van der Waals surface area contributed by atoms with Crippen molar-refractivity contribution < 1.29 is 9.90 Å². The van der Waals surface area contributed by atoms with E-state index in [1.165, 1.54) is 0 Å². The lowest BCUT2D eigenvalue weighted by atomic mass is 9.92. The van der Waals surface area contributed by atoms with Crippen molar-refractivity contribution in [3.05, 3.63) is 60.2 Å². The topological polar surface area (TPSA) is 92.9 Å².